The zero-order valence-electron chi connectivity index (χ0n) is 22.1. The molecule has 208 valence electrons. The fourth-order valence-corrected chi connectivity index (χ4v) is 4.38. The number of quaternary nitrogens is 1. The molecule has 0 aliphatic carbocycles. The maximum absolute atomic E-state index is 14.0. The number of primary amides is 1. The Morgan fingerprint density at radius 3 is 2.83 bits per heavy atom. The molecule has 11 nitrogen and oxygen atoms in total. The fraction of sp³-hybridized carbons (Fsp3) is 0.286. The molecule has 4 rings (SSSR count). The third-order valence-electron chi connectivity index (χ3n) is 6.20. The molecule has 1 aliphatic rings. The highest BCUT2D eigenvalue weighted by molar-refractivity contribution is 5.96. The van der Waals surface area contributed by atoms with Gasteiger partial charge in [-0.2, -0.15) is 0 Å². The van der Waals surface area contributed by atoms with Crippen LogP contribution >= 0.6 is 0 Å². The van der Waals surface area contributed by atoms with Crippen molar-refractivity contribution in [2.75, 3.05) is 51.8 Å². The van der Waals surface area contributed by atoms with Crippen molar-refractivity contribution >= 4 is 34.5 Å². The maximum Gasteiger partial charge on any atom is 0.276 e. The summed E-state index contributed by atoms with van der Waals surface area (Å²) >= 11 is 0. The number of terminal acetylenes is 1. The molecule has 0 spiro atoms. The first-order valence-corrected chi connectivity index (χ1v) is 12.6. The summed E-state index contributed by atoms with van der Waals surface area (Å²) < 4.78 is 25.2. The molecule has 1 unspecified atom stereocenters. The van der Waals surface area contributed by atoms with Crippen LogP contribution in [0.4, 0.5) is 15.9 Å². The van der Waals surface area contributed by atoms with Crippen LogP contribution < -0.4 is 25.1 Å². The van der Waals surface area contributed by atoms with Crippen LogP contribution in [0.5, 0.6) is 11.5 Å². The van der Waals surface area contributed by atoms with Crippen molar-refractivity contribution in [3.8, 4) is 23.8 Å². The number of hydrogen-bond donors (Lipinski definition) is 3. The van der Waals surface area contributed by atoms with E-state index in [1.807, 2.05) is 4.90 Å². The van der Waals surface area contributed by atoms with Gasteiger partial charge < -0.3 is 25.6 Å². The smallest absolute Gasteiger partial charge is 0.276 e. The number of allylic oxidation sites excluding steroid dienone is 1. The van der Waals surface area contributed by atoms with E-state index >= 15 is 0 Å². The number of ether oxygens (including phenoxy) is 2. The summed E-state index contributed by atoms with van der Waals surface area (Å²) in [5, 5.41) is 17.5. The number of carbonyl (C=O) groups is 1. The van der Waals surface area contributed by atoms with Crippen LogP contribution in [-0.4, -0.2) is 78.6 Å². The van der Waals surface area contributed by atoms with Gasteiger partial charge in [0.25, 0.3) is 5.91 Å². The summed E-state index contributed by atoms with van der Waals surface area (Å²) in [6.45, 7) is 1.90. The summed E-state index contributed by atoms with van der Waals surface area (Å²) in [6, 6.07) is 9.39. The third kappa shape index (κ3) is 6.70. The van der Waals surface area contributed by atoms with Crippen LogP contribution in [0.2, 0.25) is 0 Å². The van der Waals surface area contributed by atoms with Crippen molar-refractivity contribution in [1.82, 2.24) is 19.5 Å². The van der Waals surface area contributed by atoms with Gasteiger partial charge in [0.2, 0.25) is 0 Å². The number of aliphatic hydroxyl groups excluding tert-OH is 1. The van der Waals surface area contributed by atoms with Crippen molar-refractivity contribution < 1.29 is 23.8 Å². The third-order valence-corrected chi connectivity index (χ3v) is 6.20. The summed E-state index contributed by atoms with van der Waals surface area (Å²) in [7, 11) is 1.54. The van der Waals surface area contributed by atoms with Crippen molar-refractivity contribution in [2.24, 2.45) is 10.8 Å². The highest BCUT2D eigenvalue weighted by atomic mass is 19.1. The van der Waals surface area contributed by atoms with E-state index in [0.29, 0.717) is 72.3 Å². The molecule has 0 fully saturated rings. The first-order chi connectivity index (χ1) is 19.4. The predicted octanol–water partition coefficient (Wildman–Crippen LogP) is 2.22. The van der Waals surface area contributed by atoms with Gasteiger partial charge in [-0.1, -0.05) is 17.1 Å². The van der Waals surface area contributed by atoms with E-state index in [0.717, 1.165) is 0 Å². The number of fused-ring (bicyclic) bond motifs is 1. The number of aliphatic hydroxyl groups is 1. The van der Waals surface area contributed by atoms with E-state index in [9.17, 15) is 14.3 Å². The SMILES string of the molecule is C#CCN(CCO)CCCOc1cc2ncnc(NC3=C[N+](CC(N)=O)(c4cccc(F)c4)N=C3)c2cc1OC. The van der Waals surface area contributed by atoms with Crippen LogP contribution in [0.1, 0.15) is 6.42 Å². The number of nitrogens with one attached hydrogen (secondary N) is 1. The number of aromatic nitrogens is 2. The van der Waals surface area contributed by atoms with Gasteiger partial charge in [0.05, 0.1) is 32.4 Å². The predicted molar refractivity (Wildman–Crippen MR) is 151 cm³/mol. The molecule has 0 saturated carbocycles. The topological polar surface area (TPSA) is 135 Å². The molecule has 2 aromatic carbocycles. The summed E-state index contributed by atoms with van der Waals surface area (Å²) in [5.41, 5.74) is 7.09. The van der Waals surface area contributed by atoms with Crippen LogP contribution in [0, 0.1) is 18.2 Å². The zero-order chi connectivity index (χ0) is 28.5. The van der Waals surface area contributed by atoms with Gasteiger partial charge in [-0.25, -0.2) is 14.4 Å². The van der Waals surface area contributed by atoms with Crippen molar-refractivity contribution in [3.05, 3.63) is 60.4 Å². The number of anilines is 1. The molecule has 0 bridgehead atoms. The molecule has 3 aromatic rings. The van der Waals surface area contributed by atoms with Crippen LogP contribution in [0.25, 0.3) is 10.9 Å². The van der Waals surface area contributed by atoms with Crippen molar-refractivity contribution in [3.63, 3.8) is 0 Å². The van der Waals surface area contributed by atoms with E-state index in [-0.39, 0.29) is 17.7 Å². The normalized spacial score (nSPS) is 16.1. The van der Waals surface area contributed by atoms with E-state index in [4.69, 9.17) is 21.6 Å². The lowest BCUT2D eigenvalue weighted by Crippen LogP contribution is -2.44. The second-order valence-electron chi connectivity index (χ2n) is 9.03. The second-order valence-corrected chi connectivity index (χ2v) is 9.03. The number of methoxy groups -OCH3 is 1. The minimum Gasteiger partial charge on any atom is -0.493 e. The van der Waals surface area contributed by atoms with E-state index in [1.54, 1.807) is 37.6 Å². The van der Waals surface area contributed by atoms with Gasteiger partial charge in [-0.15, -0.1) is 11.0 Å². The van der Waals surface area contributed by atoms with Gasteiger partial charge >= 0.3 is 0 Å². The Kier molecular flexibility index (Phi) is 9.23. The van der Waals surface area contributed by atoms with E-state index in [2.05, 4.69) is 26.3 Å². The van der Waals surface area contributed by atoms with Gasteiger partial charge in [0, 0.05) is 36.7 Å². The Hall–Kier alpha value is -4.57. The van der Waals surface area contributed by atoms with Gasteiger partial charge in [0.1, 0.15) is 29.9 Å². The van der Waals surface area contributed by atoms with Gasteiger partial charge in [-0.3, -0.25) is 9.69 Å². The maximum atomic E-state index is 14.0. The molecule has 40 heavy (non-hydrogen) atoms. The Morgan fingerprint density at radius 1 is 1.25 bits per heavy atom. The Labute approximate surface area is 231 Å². The first-order valence-electron chi connectivity index (χ1n) is 12.6. The number of carbonyl (C=O) groups excluding carboxylic acids is 1. The Bertz CT molecular complexity index is 1470. The van der Waals surface area contributed by atoms with Gasteiger partial charge in [0.15, 0.2) is 29.9 Å². The minimum absolute atomic E-state index is 0.0375. The van der Waals surface area contributed by atoms with Crippen LogP contribution in [0.3, 0.4) is 0 Å². The van der Waals surface area contributed by atoms with E-state index in [1.165, 1.54) is 24.7 Å². The van der Waals surface area contributed by atoms with Crippen LogP contribution in [-0.2, 0) is 4.79 Å². The number of nitrogens with zero attached hydrogens (tertiary/aromatic N) is 5. The number of halogens is 1. The number of hydrogen-bond acceptors (Lipinski definition) is 9. The summed E-state index contributed by atoms with van der Waals surface area (Å²) in [6.07, 6.45) is 10.7. The standard InChI is InChI=1S/C28H30FN7O4/c1-3-8-35(10-11-37)9-5-12-40-26-15-24-23(14-25(26)39-2)28(32-19-31-24)34-21-16-33-36(17-21,18-27(30)38)22-7-4-6-20(29)13-22/h1,4,6-7,13-17,19,37H,5,8-12,18H2,2H3,(H2-,30,31,32,34,38)/p+1. The fourth-order valence-electron chi connectivity index (χ4n) is 4.38. The molecule has 1 amide bonds. The molecular weight excluding hydrogens is 517 g/mol. The highest BCUT2D eigenvalue weighted by Gasteiger charge is 2.36. The molecule has 12 heteroatoms. The van der Waals surface area contributed by atoms with Crippen molar-refractivity contribution in [2.45, 2.75) is 6.42 Å². The summed E-state index contributed by atoms with van der Waals surface area (Å²) in [5.74, 6) is 3.03. The highest BCUT2D eigenvalue weighted by Crippen LogP contribution is 2.35. The lowest BCUT2D eigenvalue weighted by atomic mass is 10.2. The average molecular weight is 549 g/mol. The lowest BCUT2D eigenvalue weighted by molar-refractivity contribution is -0.118. The number of amides is 1. The molecular formula is C28H31FN7O4+. The Morgan fingerprint density at radius 2 is 2.10 bits per heavy atom. The molecule has 0 saturated heterocycles. The lowest BCUT2D eigenvalue weighted by Gasteiger charge is -2.23. The molecule has 1 aromatic heterocycles. The van der Waals surface area contributed by atoms with Crippen molar-refractivity contribution in [1.29, 1.82) is 0 Å². The monoisotopic (exact) mass is 548 g/mol. The molecule has 1 aliphatic heterocycles. The molecule has 0 radical (unpaired) electrons. The number of nitrogens with two attached hydrogens (primary N) is 1. The first kappa shape index (κ1) is 28.4. The quantitative estimate of drug-likeness (QED) is 0.159. The zero-order valence-corrected chi connectivity index (χ0v) is 22.1. The molecule has 4 N–H and O–H groups in total. The largest absolute Gasteiger partial charge is 0.493 e. The Balaban J connectivity index is 1.55. The second kappa shape index (κ2) is 13.0. The van der Waals surface area contributed by atoms with Gasteiger partial charge in [-0.05, 0) is 18.6 Å². The summed E-state index contributed by atoms with van der Waals surface area (Å²) in [4.78, 5) is 22.6. The molecule has 1 atom stereocenters. The number of rotatable bonds is 14. The average Bonchev–Trinajstić information content (AvgIpc) is 3.33. The molecule has 2 heterocycles. The van der Waals surface area contributed by atoms with E-state index < -0.39 is 11.7 Å². The van der Waals surface area contributed by atoms with Crippen LogP contribution in [0.15, 0.2) is 59.7 Å². The number of benzene rings is 2. The minimum atomic E-state index is -0.596.